The van der Waals surface area contributed by atoms with Gasteiger partial charge in [-0.2, -0.15) is 0 Å². The summed E-state index contributed by atoms with van der Waals surface area (Å²) in [5.74, 6) is 1.70. The molecule has 2 fully saturated rings. The minimum absolute atomic E-state index is 0.846. The Bertz CT molecular complexity index is 444. The number of hydrogen-bond acceptors (Lipinski definition) is 3. The first-order valence-corrected chi connectivity index (χ1v) is 9.40. The molecule has 0 spiro atoms. The van der Waals surface area contributed by atoms with Crippen molar-refractivity contribution in [1.82, 2.24) is 9.80 Å². The van der Waals surface area contributed by atoms with Crippen LogP contribution in [0.15, 0.2) is 30.3 Å². The summed E-state index contributed by atoms with van der Waals surface area (Å²) < 4.78 is 5.49. The molecule has 0 bridgehead atoms. The molecule has 0 aliphatic carbocycles. The van der Waals surface area contributed by atoms with Crippen LogP contribution in [0.5, 0.6) is 0 Å². The van der Waals surface area contributed by atoms with Gasteiger partial charge in [0.1, 0.15) is 0 Å². The number of benzene rings is 1. The third-order valence-electron chi connectivity index (χ3n) is 5.44. The van der Waals surface area contributed by atoms with Gasteiger partial charge in [0.2, 0.25) is 0 Å². The summed E-state index contributed by atoms with van der Waals surface area (Å²) in [5.41, 5.74) is 1.45. The maximum absolute atomic E-state index is 5.49. The first-order valence-electron chi connectivity index (χ1n) is 9.40. The van der Waals surface area contributed by atoms with E-state index in [1.54, 1.807) is 0 Å². The Morgan fingerprint density at radius 2 is 1.78 bits per heavy atom. The second-order valence-corrected chi connectivity index (χ2v) is 7.28. The number of hydrogen-bond donors (Lipinski definition) is 0. The molecule has 0 unspecified atom stereocenters. The van der Waals surface area contributed by atoms with Crippen LogP contribution in [0, 0.1) is 11.8 Å². The number of likely N-dealkylation sites (tertiary alicyclic amines) is 1. The summed E-state index contributed by atoms with van der Waals surface area (Å²) in [4.78, 5) is 5.31. The van der Waals surface area contributed by atoms with Gasteiger partial charge in [0.25, 0.3) is 0 Å². The zero-order valence-corrected chi connectivity index (χ0v) is 14.6. The van der Waals surface area contributed by atoms with Gasteiger partial charge < -0.3 is 9.64 Å². The lowest BCUT2D eigenvalue weighted by Crippen LogP contribution is -2.36. The van der Waals surface area contributed by atoms with Gasteiger partial charge in [0.05, 0.1) is 0 Å². The van der Waals surface area contributed by atoms with Crippen LogP contribution in [-0.4, -0.2) is 55.7 Å². The molecule has 3 nitrogen and oxygen atoms in total. The molecule has 2 aliphatic rings. The molecule has 0 N–H and O–H groups in total. The van der Waals surface area contributed by atoms with E-state index < -0.39 is 0 Å². The molecule has 3 rings (SSSR count). The van der Waals surface area contributed by atoms with Crippen molar-refractivity contribution in [2.24, 2.45) is 11.8 Å². The number of rotatable bonds is 7. The van der Waals surface area contributed by atoms with Gasteiger partial charge >= 0.3 is 0 Å². The summed E-state index contributed by atoms with van der Waals surface area (Å²) in [5, 5.41) is 0. The standard InChI is InChI=1S/C20H32N2O/c1-2-21(14-19-9-12-23-13-10-19)16-20-8-11-22(17-20)15-18-6-4-3-5-7-18/h3-7,19-20H,2,8-17H2,1H3/t20-/m0/s1. The van der Waals surface area contributed by atoms with Crippen LogP contribution in [0.2, 0.25) is 0 Å². The molecule has 2 heterocycles. The normalized spacial score (nSPS) is 23.7. The van der Waals surface area contributed by atoms with Crippen molar-refractivity contribution in [3.05, 3.63) is 35.9 Å². The Balaban J connectivity index is 1.42. The second kappa shape index (κ2) is 8.81. The van der Waals surface area contributed by atoms with E-state index >= 15 is 0 Å². The Hall–Kier alpha value is -0.900. The average molecular weight is 316 g/mol. The molecule has 128 valence electrons. The van der Waals surface area contributed by atoms with Crippen LogP contribution in [0.25, 0.3) is 0 Å². The first kappa shape index (κ1) is 16.9. The van der Waals surface area contributed by atoms with Crippen molar-refractivity contribution >= 4 is 0 Å². The van der Waals surface area contributed by atoms with E-state index in [4.69, 9.17) is 4.74 Å². The van der Waals surface area contributed by atoms with Crippen molar-refractivity contribution in [1.29, 1.82) is 0 Å². The summed E-state index contributed by atoms with van der Waals surface area (Å²) in [6.45, 7) is 11.6. The van der Waals surface area contributed by atoms with Crippen LogP contribution in [0.3, 0.4) is 0 Å². The highest BCUT2D eigenvalue weighted by Crippen LogP contribution is 2.22. The smallest absolute Gasteiger partial charge is 0.0469 e. The zero-order valence-electron chi connectivity index (χ0n) is 14.6. The lowest BCUT2D eigenvalue weighted by molar-refractivity contribution is 0.0511. The maximum atomic E-state index is 5.49. The van der Waals surface area contributed by atoms with Crippen molar-refractivity contribution in [2.45, 2.75) is 32.7 Å². The van der Waals surface area contributed by atoms with Crippen LogP contribution in [-0.2, 0) is 11.3 Å². The summed E-state index contributed by atoms with van der Waals surface area (Å²) >= 11 is 0. The minimum atomic E-state index is 0.846. The molecule has 2 saturated heterocycles. The molecule has 1 atom stereocenters. The molecule has 0 amide bonds. The highest BCUT2D eigenvalue weighted by molar-refractivity contribution is 5.14. The summed E-state index contributed by atoms with van der Waals surface area (Å²) in [6, 6.07) is 10.9. The molecular weight excluding hydrogens is 284 g/mol. The highest BCUT2D eigenvalue weighted by Gasteiger charge is 2.25. The molecule has 0 saturated carbocycles. The third kappa shape index (κ3) is 5.30. The summed E-state index contributed by atoms with van der Waals surface area (Å²) in [7, 11) is 0. The van der Waals surface area contributed by atoms with Gasteiger partial charge in [-0.3, -0.25) is 4.90 Å². The monoisotopic (exact) mass is 316 g/mol. The minimum Gasteiger partial charge on any atom is -0.381 e. The predicted molar refractivity (Wildman–Crippen MR) is 95.5 cm³/mol. The van der Waals surface area contributed by atoms with Crippen LogP contribution in [0.4, 0.5) is 0 Å². The fourth-order valence-corrected chi connectivity index (χ4v) is 4.04. The predicted octanol–water partition coefficient (Wildman–Crippen LogP) is 3.26. The fraction of sp³-hybridized carbons (Fsp3) is 0.700. The molecule has 2 aliphatic heterocycles. The maximum Gasteiger partial charge on any atom is 0.0469 e. The van der Waals surface area contributed by atoms with Gasteiger partial charge in [0.15, 0.2) is 0 Å². The van der Waals surface area contributed by atoms with E-state index in [9.17, 15) is 0 Å². The third-order valence-corrected chi connectivity index (χ3v) is 5.44. The Morgan fingerprint density at radius 1 is 1.04 bits per heavy atom. The quantitative estimate of drug-likeness (QED) is 0.768. The van der Waals surface area contributed by atoms with Crippen molar-refractivity contribution in [3.8, 4) is 0 Å². The molecular formula is C20H32N2O. The molecule has 3 heteroatoms. The Morgan fingerprint density at radius 3 is 2.52 bits per heavy atom. The molecule has 1 aromatic rings. The van der Waals surface area contributed by atoms with Gasteiger partial charge in [-0.15, -0.1) is 0 Å². The van der Waals surface area contributed by atoms with Crippen LogP contribution >= 0.6 is 0 Å². The van der Waals surface area contributed by atoms with Gasteiger partial charge in [-0.25, -0.2) is 0 Å². The van der Waals surface area contributed by atoms with E-state index in [2.05, 4.69) is 47.1 Å². The second-order valence-electron chi connectivity index (χ2n) is 7.28. The van der Waals surface area contributed by atoms with E-state index in [0.717, 1.165) is 31.6 Å². The van der Waals surface area contributed by atoms with E-state index in [0.29, 0.717) is 0 Å². The Kier molecular flexibility index (Phi) is 6.49. The average Bonchev–Trinajstić information content (AvgIpc) is 3.03. The van der Waals surface area contributed by atoms with Crippen LogP contribution in [0.1, 0.15) is 31.7 Å². The molecule has 1 aromatic carbocycles. The van der Waals surface area contributed by atoms with Crippen LogP contribution < -0.4 is 0 Å². The molecule has 0 radical (unpaired) electrons. The molecule has 0 aromatic heterocycles. The highest BCUT2D eigenvalue weighted by atomic mass is 16.5. The fourth-order valence-electron chi connectivity index (χ4n) is 4.04. The van der Waals surface area contributed by atoms with Crippen molar-refractivity contribution in [3.63, 3.8) is 0 Å². The SMILES string of the molecule is CCN(CC1CCOCC1)C[C@@H]1CCN(Cc2ccccc2)C1. The zero-order chi connectivity index (χ0) is 15.9. The van der Waals surface area contributed by atoms with E-state index in [1.807, 2.05) is 0 Å². The Labute approximate surface area is 141 Å². The van der Waals surface area contributed by atoms with Crippen molar-refractivity contribution < 1.29 is 4.74 Å². The topological polar surface area (TPSA) is 15.7 Å². The van der Waals surface area contributed by atoms with E-state index in [-0.39, 0.29) is 0 Å². The van der Waals surface area contributed by atoms with Gasteiger partial charge in [0, 0.05) is 39.4 Å². The largest absolute Gasteiger partial charge is 0.381 e. The lowest BCUT2D eigenvalue weighted by Gasteiger charge is -2.30. The summed E-state index contributed by atoms with van der Waals surface area (Å²) in [6.07, 6.45) is 3.86. The van der Waals surface area contributed by atoms with Gasteiger partial charge in [-0.1, -0.05) is 37.3 Å². The van der Waals surface area contributed by atoms with Gasteiger partial charge in [-0.05, 0) is 49.8 Å². The number of nitrogens with zero attached hydrogens (tertiary/aromatic N) is 2. The lowest BCUT2D eigenvalue weighted by atomic mass is 9.99. The first-order chi connectivity index (χ1) is 11.3. The van der Waals surface area contributed by atoms with Crippen molar-refractivity contribution in [2.75, 3.05) is 45.9 Å². The number of ether oxygens (including phenoxy) is 1. The molecule has 23 heavy (non-hydrogen) atoms. The van der Waals surface area contributed by atoms with E-state index in [1.165, 1.54) is 57.5 Å².